The number of benzene rings is 3. The molecule has 0 fully saturated rings. The smallest absolute Gasteiger partial charge is 0.410 e. The number of esters is 1. The Hall–Kier alpha value is -4.60. The van der Waals surface area contributed by atoms with E-state index in [1.807, 2.05) is 60.7 Å². The number of carboxylic acid groups (broad SMARTS) is 1. The van der Waals surface area contributed by atoms with Crippen molar-refractivity contribution < 1.29 is 38.5 Å². The van der Waals surface area contributed by atoms with Crippen molar-refractivity contribution in [2.75, 3.05) is 7.05 Å². The van der Waals surface area contributed by atoms with Crippen LogP contribution in [0.3, 0.4) is 0 Å². The van der Waals surface area contributed by atoms with E-state index in [4.69, 9.17) is 14.2 Å². The molecule has 3 aromatic carbocycles. The number of carboxylic acids is 1. The van der Waals surface area contributed by atoms with Crippen molar-refractivity contribution in [1.82, 2.24) is 10.2 Å². The fourth-order valence-electron chi connectivity index (χ4n) is 4.06. The third-order valence-corrected chi connectivity index (χ3v) is 6.19. The van der Waals surface area contributed by atoms with Gasteiger partial charge < -0.3 is 24.6 Å². The van der Waals surface area contributed by atoms with Crippen molar-refractivity contribution in [3.63, 3.8) is 0 Å². The average molecular weight is 565 g/mol. The van der Waals surface area contributed by atoms with Crippen LogP contribution in [-0.2, 0) is 36.8 Å². The van der Waals surface area contributed by atoms with Gasteiger partial charge in [-0.25, -0.2) is 19.2 Å². The van der Waals surface area contributed by atoms with Gasteiger partial charge in [0.15, 0.2) is 6.04 Å². The van der Waals surface area contributed by atoms with Gasteiger partial charge in [0.2, 0.25) is 0 Å². The maximum atomic E-state index is 13.5. The van der Waals surface area contributed by atoms with Crippen LogP contribution >= 0.6 is 0 Å². The number of nitrogens with zero attached hydrogens (tertiary/aromatic N) is 1. The Balaban J connectivity index is 1.80. The molecule has 0 saturated heterocycles. The molecule has 218 valence electrons. The number of aliphatic carboxylic acids is 1. The lowest BCUT2D eigenvalue weighted by Gasteiger charge is -2.29. The first-order valence-electron chi connectivity index (χ1n) is 13.2. The number of amides is 2. The van der Waals surface area contributed by atoms with Gasteiger partial charge in [-0.05, 0) is 49.6 Å². The monoisotopic (exact) mass is 564 g/mol. The quantitative estimate of drug-likeness (QED) is 0.262. The number of hydrogen-bond acceptors (Lipinski definition) is 7. The Labute approximate surface area is 239 Å². The summed E-state index contributed by atoms with van der Waals surface area (Å²) in [6.45, 7) is 6.25. The largest absolute Gasteiger partial charge is 0.480 e. The summed E-state index contributed by atoms with van der Waals surface area (Å²) < 4.78 is 16.1. The topological polar surface area (TPSA) is 131 Å². The first kappa shape index (κ1) is 30.9. The third-order valence-electron chi connectivity index (χ3n) is 6.19. The second-order valence-electron chi connectivity index (χ2n) is 10.7. The first-order chi connectivity index (χ1) is 19.3. The van der Waals surface area contributed by atoms with Gasteiger partial charge in [0.05, 0.1) is 0 Å². The molecule has 0 aliphatic heterocycles. The number of carbonyl (C=O) groups is 4. The van der Waals surface area contributed by atoms with E-state index in [-0.39, 0.29) is 13.0 Å². The lowest BCUT2D eigenvalue weighted by atomic mass is 10.0. The van der Waals surface area contributed by atoms with E-state index in [2.05, 4.69) is 5.32 Å². The molecule has 3 aromatic rings. The zero-order valence-electron chi connectivity index (χ0n) is 23.8. The van der Waals surface area contributed by atoms with Gasteiger partial charge in [-0.1, -0.05) is 72.8 Å². The Morgan fingerprint density at radius 2 is 1.54 bits per heavy atom. The van der Waals surface area contributed by atoms with Gasteiger partial charge in [0, 0.05) is 13.5 Å². The van der Waals surface area contributed by atoms with Gasteiger partial charge in [-0.2, -0.15) is 0 Å². The predicted molar refractivity (Wildman–Crippen MR) is 152 cm³/mol. The molecule has 3 rings (SSSR count). The minimum Gasteiger partial charge on any atom is -0.480 e. The number of rotatable bonds is 10. The van der Waals surface area contributed by atoms with E-state index < -0.39 is 47.9 Å². The highest BCUT2D eigenvalue weighted by Crippen LogP contribution is 2.20. The SMILES string of the molecule is C[C@@H](OC(=O)[C@H](Cc1ccc2ccccc2c1)N(C)C(=O)OCc1ccccc1)[C@H](NC(=O)OC(C)(C)C)C(=O)O. The van der Waals surface area contributed by atoms with Crippen molar-refractivity contribution in [1.29, 1.82) is 0 Å². The van der Waals surface area contributed by atoms with Crippen LogP contribution in [0.4, 0.5) is 9.59 Å². The normalized spacial score (nSPS) is 13.4. The van der Waals surface area contributed by atoms with Crippen molar-refractivity contribution >= 4 is 34.9 Å². The Morgan fingerprint density at radius 3 is 2.17 bits per heavy atom. The molecule has 0 aliphatic carbocycles. The Morgan fingerprint density at radius 1 is 0.902 bits per heavy atom. The molecule has 0 bridgehead atoms. The van der Waals surface area contributed by atoms with Crippen molar-refractivity contribution in [3.8, 4) is 0 Å². The molecule has 2 N–H and O–H groups in total. The summed E-state index contributed by atoms with van der Waals surface area (Å²) in [7, 11) is 1.42. The average Bonchev–Trinajstić information content (AvgIpc) is 2.92. The lowest BCUT2D eigenvalue weighted by molar-refractivity contribution is -0.158. The maximum absolute atomic E-state index is 13.5. The number of fused-ring (bicyclic) bond motifs is 1. The fraction of sp³-hybridized carbons (Fsp3) is 0.355. The van der Waals surface area contributed by atoms with Crippen LogP contribution in [0.5, 0.6) is 0 Å². The molecular weight excluding hydrogens is 528 g/mol. The fourth-order valence-corrected chi connectivity index (χ4v) is 4.06. The van der Waals surface area contributed by atoms with Crippen LogP contribution in [0.1, 0.15) is 38.8 Å². The van der Waals surface area contributed by atoms with E-state index in [0.717, 1.165) is 26.8 Å². The number of carbonyl (C=O) groups excluding carboxylic acids is 3. The number of nitrogens with one attached hydrogen (secondary N) is 1. The molecule has 0 aliphatic rings. The van der Waals surface area contributed by atoms with Gasteiger partial charge >= 0.3 is 24.1 Å². The summed E-state index contributed by atoms with van der Waals surface area (Å²) >= 11 is 0. The molecule has 10 nitrogen and oxygen atoms in total. The molecule has 10 heteroatoms. The van der Waals surface area contributed by atoms with E-state index in [9.17, 15) is 24.3 Å². The van der Waals surface area contributed by atoms with Crippen molar-refractivity contribution in [3.05, 3.63) is 83.9 Å². The van der Waals surface area contributed by atoms with Gasteiger partial charge in [-0.15, -0.1) is 0 Å². The van der Waals surface area contributed by atoms with Crippen LogP contribution in [0, 0.1) is 0 Å². The highest BCUT2D eigenvalue weighted by Gasteiger charge is 2.36. The molecule has 0 heterocycles. The molecule has 0 unspecified atom stereocenters. The van der Waals surface area contributed by atoms with Gasteiger partial charge in [0.1, 0.15) is 24.4 Å². The van der Waals surface area contributed by atoms with Gasteiger partial charge in [0.25, 0.3) is 0 Å². The van der Waals surface area contributed by atoms with Gasteiger partial charge in [-0.3, -0.25) is 4.90 Å². The highest BCUT2D eigenvalue weighted by molar-refractivity contribution is 5.85. The minimum atomic E-state index is -1.59. The van der Waals surface area contributed by atoms with Crippen molar-refractivity contribution in [2.45, 2.75) is 64.5 Å². The standard InChI is InChI=1S/C31H36N2O8/c1-20(26(27(34)35)32-29(37)41-31(2,3)4)40-28(36)25(18-22-15-16-23-13-9-10-14-24(23)17-22)33(5)30(38)39-19-21-11-7-6-8-12-21/h6-17,20,25-26H,18-19H2,1-5H3,(H,32,37)(H,34,35)/t20-,25+,26+/m1/s1. The highest BCUT2D eigenvalue weighted by atomic mass is 16.6. The molecule has 3 atom stereocenters. The summed E-state index contributed by atoms with van der Waals surface area (Å²) in [4.78, 5) is 51.8. The molecule has 0 saturated carbocycles. The number of ether oxygens (including phenoxy) is 3. The number of alkyl carbamates (subject to hydrolysis) is 1. The Kier molecular flexibility index (Phi) is 10.3. The van der Waals surface area contributed by atoms with E-state index in [0.29, 0.717) is 0 Å². The zero-order chi connectivity index (χ0) is 30.2. The van der Waals surface area contributed by atoms with Crippen LogP contribution in [0.25, 0.3) is 10.8 Å². The lowest BCUT2D eigenvalue weighted by Crippen LogP contribution is -2.52. The summed E-state index contributed by atoms with van der Waals surface area (Å²) in [6.07, 6.45) is -2.95. The Bertz CT molecular complexity index is 1370. The maximum Gasteiger partial charge on any atom is 0.410 e. The second kappa shape index (κ2) is 13.6. The molecule has 41 heavy (non-hydrogen) atoms. The number of likely N-dealkylation sites (N-methyl/N-ethyl adjacent to an activating group) is 1. The minimum absolute atomic E-state index is 0.000938. The molecular formula is C31H36N2O8. The molecule has 0 spiro atoms. The van der Waals surface area contributed by atoms with Crippen LogP contribution in [0.2, 0.25) is 0 Å². The second-order valence-corrected chi connectivity index (χ2v) is 10.7. The van der Waals surface area contributed by atoms with E-state index >= 15 is 0 Å². The zero-order valence-corrected chi connectivity index (χ0v) is 23.8. The molecule has 0 aromatic heterocycles. The summed E-state index contributed by atoms with van der Waals surface area (Å²) in [6, 6.07) is 19.7. The molecule has 2 amide bonds. The molecule has 0 radical (unpaired) electrons. The van der Waals surface area contributed by atoms with Crippen LogP contribution in [-0.4, -0.2) is 65.0 Å². The summed E-state index contributed by atoms with van der Waals surface area (Å²) in [5.74, 6) is -2.28. The summed E-state index contributed by atoms with van der Waals surface area (Å²) in [5, 5.41) is 13.9. The number of hydrogen-bond donors (Lipinski definition) is 2. The van der Waals surface area contributed by atoms with Crippen molar-refractivity contribution in [2.24, 2.45) is 0 Å². The summed E-state index contributed by atoms with van der Waals surface area (Å²) in [5.41, 5.74) is 0.664. The third kappa shape index (κ3) is 9.23. The first-order valence-corrected chi connectivity index (χ1v) is 13.2. The predicted octanol–water partition coefficient (Wildman–Crippen LogP) is 4.93. The van der Waals surface area contributed by atoms with E-state index in [1.165, 1.54) is 14.0 Å². The van der Waals surface area contributed by atoms with Crippen LogP contribution < -0.4 is 5.32 Å². The van der Waals surface area contributed by atoms with E-state index in [1.54, 1.807) is 32.9 Å². The van der Waals surface area contributed by atoms with Crippen LogP contribution in [0.15, 0.2) is 72.8 Å².